The van der Waals surface area contributed by atoms with E-state index in [0.29, 0.717) is 12.3 Å². The lowest BCUT2D eigenvalue weighted by atomic mass is 10.1. The first kappa shape index (κ1) is 17.5. The normalized spacial score (nSPS) is 16.8. The van der Waals surface area contributed by atoms with E-state index in [-0.39, 0.29) is 11.3 Å². The van der Waals surface area contributed by atoms with Gasteiger partial charge in [-0.2, -0.15) is 0 Å². The zero-order valence-electron chi connectivity index (χ0n) is 14.5. The summed E-state index contributed by atoms with van der Waals surface area (Å²) >= 11 is 1.59. The number of thioether (sulfide) groups is 1. The van der Waals surface area contributed by atoms with E-state index in [0.717, 1.165) is 28.4 Å². The third-order valence-electron chi connectivity index (χ3n) is 4.19. The van der Waals surface area contributed by atoms with Gasteiger partial charge < -0.3 is 19.1 Å². The molecule has 2 aromatic rings. The van der Waals surface area contributed by atoms with Gasteiger partial charge in [0, 0.05) is 6.54 Å². The Morgan fingerprint density at radius 1 is 1.00 bits per heavy atom. The molecule has 1 amide bonds. The van der Waals surface area contributed by atoms with Gasteiger partial charge in [0.15, 0.2) is 0 Å². The molecule has 3 rings (SSSR count). The van der Waals surface area contributed by atoms with Crippen LogP contribution in [-0.2, 0) is 11.3 Å². The van der Waals surface area contributed by atoms with Crippen molar-refractivity contribution in [2.24, 2.45) is 0 Å². The van der Waals surface area contributed by atoms with Crippen LogP contribution >= 0.6 is 11.8 Å². The maximum Gasteiger partial charge on any atom is 0.234 e. The van der Waals surface area contributed by atoms with Crippen molar-refractivity contribution in [2.45, 2.75) is 11.9 Å². The van der Waals surface area contributed by atoms with Gasteiger partial charge in [0.25, 0.3) is 0 Å². The Labute approximate surface area is 151 Å². The van der Waals surface area contributed by atoms with Crippen LogP contribution < -0.4 is 14.2 Å². The predicted octanol–water partition coefficient (Wildman–Crippen LogP) is 3.49. The fourth-order valence-electron chi connectivity index (χ4n) is 2.92. The molecule has 0 aromatic heterocycles. The number of hydrogen-bond donors (Lipinski definition) is 0. The van der Waals surface area contributed by atoms with E-state index in [4.69, 9.17) is 14.2 Å². The number of nitrogens with zero attached hydrogens (tertiary/aromatic N) is 1. The number of hydrogen-bond acceptors (Lipinski definition) is 5. The van der Waals surface area contributed by atoms with Crippen LogP contribution in [0.25, 0.3) is 0 Å². The first-order chi connectivity index (χ1) is 12.2. The van der Waals surface area contributed by atoms with E-state index in [1.807, 2.05) is 47.4 Å². The van der Waals surface area contributed by atoms with Crippen molar-refractivity contribution in [3.05, 3.63) is 53.6 Å². The van der Waals surface area contributed by atoms with Crippen molar-refractivity contribution in [1.29, 1.82) is 0 Å². The molecule has 2 aromatic carbocycles. The van der Waals surface area contributed by atoms with E-state index < -0.39 is 0 Å². The standard InChI is InChI=1S/C19H21NO4S/c1-22-14-9-7-13(8-10-14)11-20-17(21)12-25-19(20)18-15(23-2)5-4-6-16(18)24-3/h4-10,19H,11-12H2,1-3H3. The van der Waals surface area contributed by atoms with Crippen LogP contribution in [-0.4, -0.2) is 37.9 Å². The zero-order valence-corrected chi connectivity index (χ0v) is 15.3. The Kier molecular flexibility index (Phi) is 5.38. The molecule has 1 heterocycles. The molecule has 1 saturated heterocycles. The molecule has 6 heteroatoms. The summed E-state index contributed by atoms with van der Waals surface area (Å²) in [7, 11) is 4.90. The predicted molar refractivity (Wildman–Crippen MR) is 98.3 cm³/mol. The fraction of sp³-hybridized carbons (Fsp3) is 0.316. The smallest absolute Gasteiger partial charge is 0.234 e. The molecule has 25 heavy (non-hydrogen) atoms. The van der Waals surface area contributed by atoms with E-state index in [1.54, 1.807) is 33.1 Å². The highest BCUT2D eigenvalue weighted by atomic mass is 32.2. The topological polar surface area (TPSA) is 48.0 Å². The molecular weight excluding hydrogens is 338 g/mol. The van der Waals surface area contributed by atoms with Gasteiger partial charge in [-0.25, -0.2) is 0 Å². The van der Waals surface area contributed by atoms with Gasteiger partial charge in [0.2, 0.25) is 5.91 Å². The summed E-state index contributed by atoms with van der Waals surface area (Å²) in [5, 5.41) is -0.138. The lowest BCUT2D eigenvalue weighted by molar-refractivity contribution is -0.128. The average molecular weight is 359 g/mol. The summed E-state index contributed by atoms with van der Waals surface area (Å²) in [6.07, 6.45) is 0. The molecule has 0 saturated carbocycles. The van der Waals surface area contributed by atoms with E-state index in [2.05, 4.69) is 0 Å². The second-order valence-electron chi connectivity index (χ2n) is 5.61. The number of carbonyl (C=O) groups excluding carboxylic acids is 1. The van der Waals surface area contributed by atoms with E-state index in [9.17, 15) is 4.79 Å². The molecule has 1 aliphatic heterocycles. The van der Waals surface area contributed by atoms with Crippen molar-refractivity contribution in [1.82, 2.24) is 4.90 Å². The first-order valence-corrected chi connectivity index (χ1v) is 8.97. The fourth-order valence-corrected chi connectivity index (χ4v) is 4.15. The molecule has 0 N–H and O–H groups in total. The highest BCUT2D eigenvalue weighted by Gasteiger charge is 2.36. The number of ether oxygens (including phenoxy) is 3. The summed E-state index contributed by atoms with van der Waals surface area (Å²) in [5.74, 6) is 2.81. The molecular formula is C19H21NO4S. The highest BCUT2D eigenvalue weighted by Crippen LogP contribution is 2.47. The highest BCUT2D eigenvalue weighted by molar-refractivity contribution is 8.00. The van der Waals surface area contributed by atoms with Crippen LogP contribution in [0.5, 0.6) is 17.2 Å². The minimum atomic E-state index is -0.138. The molecule has 0 bridgehead atoms. The van der Waals surface area contributed by atoms with Gasteiger partial charge in [-0.15, -0.1) is 11.8 Å². The van der Waals surface area contributed by atoms with Crippen molar-refractivity contribution >= 4 is 17.7 Å². The molecule has 0 spiro atoms. The molecule has 0 aliphatic carbocycles. The van der Waals surface area contributed by atoms with Crippen LogP contribution in [0.3, 0.4) is 0 Å². The Bertz CT molecular complexity index is 725. The monoisotopic (exact) mass is 359 g/mol. The average Bonchev–Trinajstić information content (AvgIpc) is 3.01. The minimum Gasteiger partial charge on any atom is -0.497 e. The SMILES string of the molecule is COc1ccc(CN2C(=O)CSC2c2c(OC)cccc2OC)cc1. The van der Waals surface area contributed by atoms with Gasteiger partial charge in [-0.1, -0.05) is 18.2 Å². The third-order valence-corrected chi connectivity index (χ3v) is 5.41. The van der Waals surface area contributed by atoms with Crippen molar-refractivity contribution in [2.75, 3.05) is 27.1 Å². The van der Waals surface area contributed by atoms with Crippen molar-refractivity contribution in [3.63, 3.8) is 0 Å². The number of carbonyl (C=O) groups is 1. The lowest BCUT2D eigenvalue weighted by Crippen LogP contribution is -2.28. The van der Waals surface area contributed by atoms with Gasteiger partial charge in [0.1, 0.15) is 22.6 Å². The second kappa shape index (κ2) is 7.70. The summed E-state index contributed by atoms with van der Waals surface area (Å²) in [5.41, 5.74) is 1.95. The van der Waals surface area contributed by atoms with Gasteiger partial charge >= 0.3 is 0 Å². The Morgan fingerprint density at radius 3 is 2.20 bits per heavy atom. The van der Waals surface area contributed by atoms with Crippen LogP contribution in [0.15, 0.2) is 42.5 Å². The summed E-state index contributed by atoms with van der Waals surface area (Å²) in [4.78, 5) is 14.4. The Hall–Kier alpha value is -2.34. The Balaban J connectivity index is 1.92. The van der Waals surface area contributed by atoms with E-state index >= 15 is 0 Å². The minimum absolute atomic E-state index is 0.110. The van der Waals surface area contributed by atoms with Crippen molar-refractivity contribution < 1.29 is 19.0 Å². The number of amides is 1. The van der Waals surface area contributed by atoms with E-state index in [1.165, 1.54) is 0 Å². The molecule has 1 aliphatic rings. The zero-order chi connectivity index (χ0) is 17.8. The van der Waals surface area contributed by atoms with Crippen LogP contribution in [0.4, 0.5) is 0 Å². The van der Waals surface area contributed by atoms with Crippen LogP contribution in [0, 0.1) is 0 Å². The first-order valence-electron chi connectivity index (χ1n) is 7.92. The summed E-state index contributed by atoms with van der Waals surface area (Å²) in [6, 6.07) is 13.4. The maximum atomic E-state index is 12.5. The van der Waals surface area contributed by atoms with Gasteiger partial charge in [0.05, 0.1) is 32.6 Å². The molecule has 5 nitrogen and oxygen atoms in total. The second-order valence-corrected chi connectivity index (χ2v) is 6.68. The quantitative estimate of drug-likeness (QED) is 0.790. The lowest BCUT2D eigenvalue weighted by Gasteiger charge is -2.27. The largest absolute Gasteiger partial charge is 0.497 e. The molecule has 1 unspecified atom stereocenters. The molecule has 0 radical (unpaired) electrons. The number of methoxy groups -OCH3 is 3. The number of benzene rings is 2. The van der Waals surface area contributed by atoms with Crippen LogP contribution in [0.1, 0.15) is 16.5 Å². The number of rotatable bonds is 6. The Morgan fingerprint density at radius 2 is 1.64 bits per heavy atom. The molecule has 132 valence electrons. The van der Waals surface area contributed by atoms with Gasteiger partial charge in [-0.3, -0.25) is 4.79 Å². The molecule has 1 fully saturated rings. The molecule has 1 atom stereocenters. The van der Waals surface area contributed by atoms with Crippen molar-refractivity contribution in [3.8, 4) is 17.2 Å². The van der Waals surface area contributed by atoms with Gasteiger partial charge in [-0.05, 0) is 29.8 Å². The van der Waals surface area contributed by atoms with Crippen LogP contribution in [0.2, 0.25) is 0 Å². The summed E-state index contributed by atoms with van der Waals surface area (Å²) < 4.78 is 16.2. The summed E-state index contributed by atoms with van der Waals surface area (Å²) in [6.45, 7) is 0.529. The third kappa shape index (κ3) is 3.54. The maximum absolute atomic E-state index is 12.5.